The summed E-state index contributed by atoms with van der Waals surface area (Å²) in [6.45, 7) is 7.56. The molecular weight excluding hydrogens is 237 g/mol. The standard InChI is InChI=1S/C13H22FNO3/c1-9(2)7-12(3,4)10(16)15-6-5-13(14,8-15)11(17)18/h9H,5-8H2,1-4H3,(H,17,18). The van der Waals surface area contributed by atoms with Crippen molar-refractivity contribution in [2.45, 2.75) is 46.2 Å². The number of carboxylic acid groups (broad SMARTS) is 1. The van der Waals surface area contributed by atoms with E-state index in [1.165, 1.54) is 4.90 Å². The van der Waals surface area contributed by atoms with Crippen LogP contribution in [0.1, 0.15) is 40.5 Å². The number of carboxylic acids is 1. The molecule has 0 spiro atoms. The summed E-state index contributed by atoms with van der Waals surface area (Å²) in [5.41, 5.74) is -2.85. The number of hydrogen-bond donors (Lipinski definition) is 1. The summed E-state index contributed by atoms with van der Waals surface area (Å²) in [5.74, 6) is -1.27. The first-order chi connectivity index (χ1) is 8.08. The van der Waals surface area contributed by atoms with Crippen molar-refractivity contribution in [1.29, 1.82) is 0 Å². The molecule has 1 fully saturated rings. The van der Waals surface area contributed by atoms with Gasteiger partial charge in [-0.2, -0.15) is 0 Å². The molecule has 0 bridgehead atoms. The number of likely N-dealkylation sites (tertiary alicyclic amines) is 1. The second-order valence-corrected chi connectivity index (χ2v) is 6.23. The summed E-state index contributed by atoms with van der Waals surface area (Å²) in [4.78, 5) is 24.4. The predicted octanol–water partition coefficient (Wildman–Crippen LogP) is 2.08. The Bertz CT molecular complexity index is 354. The zero-order valence-electron chi connectivity index (χ0n) is 11.5. The Morgan fingerprint density at radius 1 is 1.44 bits per heavy atom. The van der Waals surface area contributed by atoms with Gasteiger partial charge in [-0.1, -0.05) is 27.7 Å². The molecule has 18 heavy (non-hydrogen) atoms. The molecule has 1 heterocycles. The molecule has 1 N–H and O–H groups in total. The van der Waals surface area contributed by atoms with E-state index in [4.69, 9.17) is 5.11 Å². The van der Waals surface area contributed by atoms with Crippen molar-refractivity contribution in [2.24, 2.45) is 11.3 Å². The van der Waals surface area contributed by atoms with Crippen LogP contribution in [0.4, 0.5) is 4.39 Å². The minimum Gasteiger partial charge on any atom is -0.479 e. The van der Waals surface area contributed by atoms with E-state index in [-0.39, 0.29) is 25.4 Å². The molecule has 0 aromatic rings. The van der Waals surface area contributed by atoms with Gasteiger partial charge in [-0.05, 0) is 12.3 Å². The lowest BCUT2D eigenvalue weighted by atomic mass is 9.82. The lowest BCUT2D eigenvalue weighted by Crippen LogP contribution is -2.44. The highest BCUT2D eigenvalue weighted by Crippen LogP contribution is 2.33. The van der Waals surface area contributed by atoms with E-state index >= 15 is 0 Å². The third kappa shape index (κ3) is 3.00. The summed E-state index contributed by atoms with van der Waals surface area (Å²) in [5, 5.41) is 8.81. The van der Waals surface area contributed by atoms with Crippen LogP contribution in [0.2, 0.25) is 0 Å². The molecule has 0 radical (unpaired) electrons. The van der Waals surface area contributed by atoms with Crippen molar-refractivity contribution in [2.75, 3.05) is 13.1 Å². The maximum Gasteiger partial charge on any atom is 0.343 e. The Labute approximate surface area is 107 Å². The summed E-state index contributed by atoms with van der Waals surface area (Å²) >= 11 is 0. The number of nitrogens with zero attached hydrogens (tertiary/aromatic N) is 1. The van der Waals surface area contributed by atoms with Crippen LogP contribution in [-0.4, -0.2) is 40.6 Å². The quantitative estimate of drug-likeness (QED) is 0.841. The highest BCUT2D eigenvalue weighted by molar-refractivity contribution is 5.85. The van der Waals surface area contributed by atoms with Gasteiger partial charge >= 0.3 is 5.97 Å². The fourth-order valence-corrected chi connectivity index (χ4v) is 2.66. The van der Waals surface area contributed by atoms with Gasteiger partial charge in [0.05, 0.1) is 6.54 Å². The molecule has 0 aromatic heterocycles. The third-order valence-electron chi connectivity index (χ3n) is 3.39. The second kappa shape index (κ2) is 4.86. The van der Waals surface area contributed by atoms with Gasteiger partial charge in [0.2, 0.25) is 11.6 Å². The summed E-state index contributed by atoms with van der Waals surface area (Å²) in [7, 11) is 0. The van der Waals surface area contributed by atoms with Gasteiger partial charge in [0, 0.05) is 18.4 Å². The molecule has 1 amide bonds. The number of amides is 1. The first kappa shape index (κ1) is 14.9. The number of carbonyl (C=O) groups excluding carboxylic acids is 1. The van der Waals surface area contributed by atoms with Crippen LogP contribution in [0.15, 0.2) is 0 Å². The number of halogens is 1. The monoisotopic (exact) mass is 259 g/mol. The van der Waals surface area contributed by atoms with Crippen molar-refractivity contribution in [3.63, 3.8) is 0 Å². The zero-order chi connectivity index (χ0) is 14.1. The van der Waals surface area contributed by atoms with E-state index in [1.807, 2.05) is 27.7 Å². The van der Waals surface area contributed by atoms with E-state index in [0.717, 1.165) is 0 Å². The van der Waals surface area contributed by atoms with Gasteiger partial charge in [0.25, 0.3) is 0 Å². The van der Waals surface area contributed by atoms with Crippen LogP contribution in [0, 0.1) is 11.3 Å². The average molecular weight is 259 g/mol. The molecule has 1 aliphatic rings. The molecule has 0 aromatic carbocycles. The number of carbonyl (C=O) groups is 2. The zero-order valence-corrected chi connectivity index (χ0v) is 11.5. The van der Waals surface area contributed by atoms with Gasteiger partial charge in [-0.15, -0.1) is 0 Å². The fraction of sp³-hybridized carbons (Fsp3) is 0.846. The second-order valence-electron chi connectivity index (χ2n) is 6.23. The smallest absolute Gasteiger partial charge is 0.343 e. The highest BCUT2D eigenvalue weighted by atomic mass is 19.1. The van der Waals surface area contributed by atoms with Gasteiger partial charge < -0.3 is 10.0 Å². The van der Waals surface area contributed by atoms with Gasteiger partial charge in [0.15, 0.2) is 0 Å². The van der Waals surface area contributed by atoms with Crippen LogP contribution >= 0.6 is 0 Å². The summed E-state index contributed by atoms with van der Waals surface area (Å²) in [6, 6.07) is 0. The van der Waals surface area contributed by atoms with Crippen molar-refractivity contribution < 1.29 is 19.1 Å². The fourth-order valence-electron chi connectivity index (χ4n) is 2.66. The molecular formula is C13H22FNO3. The van der Waals surface area contributed by atoms with Gasteiger partial charge in [0.1, 0.15) is 0 Å². The Morgan fingerprint density at radius 3 is 2.39 bits per heavy atom. The maximum atomic E-state index is 13.9. The molecule has 1 rings (SSSR count). The molecule has 1 unspecified atom stereocenters. The van der Waals surface area contributed by atoms with Crippen molar-refractivity contribution >= 4 is 11.9 Å². The minimum atomic E-state index is -2.27. The molecule has 1 atom stereocenters. The molecule has 0 saturated carbocycles. The Morgan fingerprint density at radius 2 is 2.00 bits per heavy atom. The SMILES string of the molecule is CC(C)CC(C)(C)C(=O)N1CCC(F)(C(=O)O)C1. The van der Waals surface area contributed by atoms with E-state index in [0.29, 0.717) is 12.3 Å². The van der Waals surface area contributed by atoms with Crippen LogP contribution in [0.3, 0.4) is 0 Å². The van der Waals surface area contributed by atoms with Crippen LogP contribution in [-0.2, 0) is 9.59 Å². The topological polar surface area (TPSA) is 57.6 Å². The number of alkyl halides is 1. The molecule has 1 aliphatic heterocycles. The lowest BCUT2D eigenvalue weighted by Gasteiger charge is -2.30. The summed E-state index contributed by atoms with van der Waals surface area (Å²) in [6.07, 6.45) is 0.584. The number of rotatable bonds is 4. The Balaban J connectivity index is 2.73. The first-order valence-electron chi connectivity index (χ1n) is 6.30. The first-order valence-corrected chi connectivity index (χ1v) is 6.30. The maximum absolute atomic E-state index is 13.9. The van der Waals surface area contributed by atoms with Gasteiger partial charge in [-0.3, -0.25) is 4.79 Å². The van der Waals surface area contributed by atoms with Crippen LogP contribution < -0.4 is 0 Å². The molecule has 1 saturated heterocycles. The third-order valence-corrected chi connectivity index (χ3v) is 3.39. The van der Waals surface area contributed by atoms with Crippen molar-refractivity contribution in [3.05, 3.63) is 0 Å². The average Bonchev–Trinajstić information content (AvgIpc) is 2.59. The molecule has 0 aliphatic carbocycles. The number of hydrogen-bond acceptors (Lipinski definition) is 2. The van der Waals surface area contributed by atoms with Crippen LogP contribution in [0.5, 0.6) is 0 Å². The normalized spacial score (nSPS) is 24.7. The lowest BCUT2D eigenvalue weighted by molar-refractivity contribution is -0.151. The van der Waals surface area contributed by atoms with Crippen LogP contribution in [0.25, 0.3) is 0 Å². The van der Waals surface area contributed by atoms with Crippen molar-refractivity contribution in [3.8, 4) is 0 Å². The van der Waals surface area contributed by atoms with Crippen molar-refractivity contribution in [1.82, 2.24) is 4.90 Å². The Kier molecular flexibility index (Phi) is 4.03. The van der Waals surface area contributed by atoms with E-state index in [1.54, 1.807) is 0 Å². The molecule has 104 valence electrons. The predicted molar refractivity (Wildman–Crippen MR) is 65.9 cm³/mol. The molecule has 5 heteroatoms. The largest absolute Gasteiger partial charge is 0.479 e. The van der Waals surface area contributed by atoms with E-state index < -0.39 is 17.1 Å². The summed E-state index contributed by atoms with van der Waals surface area (Å²) < 4.78 is 13.9. The van der Waals surface area contributed by atoms with E-state index in [9.17, 15) is 14.0 Å². The Hall–Kier alpha value is -1.13. The number of aliphatic carboxylic acids is 1. The molecule has 4 nitrogen and oxygen atoms in total. The van der Waals surface area contributed by atoms with E-state index in [2.05, 4.69) is 0 Å². The minimum absolute atomic E-state index is 0.119. The highest BCUT2D eigenvalue weighted by Gasteiger charge is 2.48. The van der Waals surface area contributed by atoms with Gasteiger partial charge in [-0.25, -0.2) is 9.18 Å².